The van der Waals surface area contributed by atoms with Crippen molar-refractivity contribution in [3.05, 3.63) is 35.9 Å². The van der Waals surface area contributed by atoms with Crippen LogP contribution in [0.1, 0.15) is 31.9 Å². The Morgan fingerprint density at radius 3 is 2.27 bits per heavy atom. The third-order valence-electron chi connectivity index (χ3n) is 2.85. The third-order valence-corrected chi connectivity index (χ3v) is 4.73. The van der Waals surface area contributed by atoms with Crippen molar-refractivity contribution in [3.63, 3.8) is 0 Å². The Morgan fingerprint density at radius 2 is 1.77 bits per heavy atom. The van der Waals surface area contributed by atoms with Crippen LogP contribution in [0, 0.1) is 5.92 Å². The number of amides is 1. The highest BCUT2D eigenvalue weighted by Crippen LogP contribution is 2.16. The lowest BCUT2D eigenvalue weighted by molar-refractivity contribution is -0.137. The Balaban J connectivity index is 2.78. The molecule has 122 valence electrons. The molecule has 7 heteroatoms. The predicted octanol–water partition coefficient (Wildman–Crippen LogP) is 1.39. The molecular weight excluding hydrogens is 306 g/mol. The van der Waals surface area contributed by atoms with Crippen LogP contribution in [0.5, 0.6) is 0 Å². The zero-order valence-corrected chi connectivity index (χ0v) is 13.5. The molecule has 0 spiro atoms. The summed E-state index contributed by atoms with van der Waals surface area (Å²) in [6, 6.07) is 7.86. The smallest absolute Gasteiger partial charge is 0.305 e. The fourth-order valence-corrected chi connectivity index (χ4v) is 3.73. The molecule has 0 aliphatic rings. The SMILES string of the molecule is CC(C)CS(=O)(=O)CC(=O)NC(CC(=O)O)c1ccccc1. The summed E-state index contributed by atoms with van der Waals surface area (Å²) in [5, 5.41) is 11.4. The molecule has 0 saturated heterocycles. The van der Waals surface area contributed by atoms with Crippen LogP contribution in [0.4, 0.5) is 0 Å². The first-order valence-corrected chi connectivity index (χ1v) is 8.78. The van der Waals surface area contributed by atoms with Gasteiger partial charge in [-0.2, -0.15) is 0 Å². The second-order valence-electron chi connectivity index (χ2n) is 5.58. The summed E-state index contributed by atoms with van der Waals surface area (Å²) in [4.78, 5) is 22.8. The van der Waals surface area contributed by atoms with Gasteiger partial charge in [-0.25, -0.2) is 8.42 Å². The van der Waals surface area contributed by atoms with E-state index in [1.165, 1.54) is 0 Å². The van der Waals surface area contributed by atoms with E-state index >= 15 is 0 Å². The first-order chi connectivity index (χ1) is 10.2. The zero-order valence-electron chi connectivity index (χ0n) is 12.7. The van der Waals surface area contributed by atoms with Crippen LogP contribution >= 0.6 is 0 Å². The highest BCUT2D eigenvalue weighted by atomic mass is 32.2. The molecule has 0 heterocycles. The topological polar surface area (TPSA) is 101 Å². The molecule has 1 aromatic carbocycles. The van der Waals surface area contributed by atoms with E-state index < -0.39 is 33.5 Å². The maximum atomic E-state index is 11.9. The van der Waals surface area contributed by atoms with E-state index in [9.17, 15) is 18.0 Å². The van der Waals surface area contributed by atoms with Gasteiger partial charge in [0.1, 0.15) is 5.75 Å². The van der Waals surface area contributed by atoms with Crippen molar-refractivity contribution >= 4 is 21.7 Å². The molecule has 1 rings (SSSR count). The van der Waals surface area contributed by atoms with Crippen molar-refractivity contribution < 1.29 is 23.1 Å². The summed E-state index contributed by atoms with van der Waals surface area (Å²) < 4.78 is 23.6. The molecule has 0 aromatic heterocycles. The van der Waals surface area contributed by atoms with E-state index in [1.54, 1.807) is 44.2 Å². The quantitative estimate of drug-likeness (QED) is 0.751. The van der Waals surface area contributed by atoms with Gasteiger partial charge in [0.25, 0.3) is 0 Å². The van der Waals surface area contributed by atoms with Gasteiger partial charge in [0.15, 0.2) is 9.84 Å². The van der Waals surface area contributed by atoms with Crippen LogP contribution in [-0.4, -0.2) is 36.9 Å². The molecule has 6 nitrogen and oxygen atoms in total. The minimum absolute atomic E-state index is 0.0678. The minimum Gasteiger partial charge on any atom is -0.481 e. The molecule has 1 unspecified atom stereocenters. The molecule has 1 amide bonds. The predicted molar refractivity (Wildman–Crippen MR) is 83.1 cm³/mol. The summed E-state index contributed by atoms with van der Waals surface area (Å²) in [6.07, 6.45) is -0.306. The van der Waals surface area contributed by atoms with Crippen molar-refractivity contribution in [2.45, 2.75) is 26.3 Å². The zero-order chi connectivity index (χ0) is 16.8. The summed E-state index contributed by atoms with van der Waals surface area (Å²) in [6.45, 7) is 3.51. The molecule has 0 radical (unpaired) electrons. The number of carboxylic acid groups (broad SMARTS) is 1. The number of carboxylic acids is 1. The summed E-state index contributed by atoms with van der Waals surface area (Å²) in [7, 11) is -3.50. The van der Waals surface area contributed by atoms with Gasteiger partial charge >= 0.3 is 5.97 Å². The number of carbonyl (C=O) groups excluding carboxylic acids is 1. The monoisotopic (exact) mass is 327 g/mol. The van der Waals surface area contributed by atoms with Crippen LogP contribution in [0.15, 0.2) is 30.3 Å². The molecule has 1 aromatic rings. The number of carbonyl (C=O) groups is 2. The fraction of sp³-hybridized carbons (Fsp3) is 0.467. The van der Waals surface area contributed by atoms with Gasteiger partial charge in [-0.1, -0.05) is 44.2 Å². The van der Waals surface area contributed by atoms with Crippen molar-refractivity contribution in [2.24, 2.45) is 5.92 Å². The van der Waals surface area contributed by atoms with Crippen LogP contribution < -0.4 is 5.32 Å². The van der Waals surface area contributed by atoms with Crippen molar-refractivity contribution in [1.82, 2.24) is 5.32 Å². The maximum absolute atomic E-state index is 11.9. The Hall–Kier alpha value is -1.89. The standard InChI is InChI=1S/C15H21NO5S/c1-11(2)9-22(20,21)10-14(17)16-13(8-15(18)19)12-6-4-3-5-7-12/h3-7,11,13H,8-10H2,1-2H3,(H,16,17)(H,18,19). The Morgan fingerprint density at radius 1 is 1.18 bits per heavy atom. The fourth-order valence-electron chi connectivity index (χ4n) is 2.11. The normalized spacial score (nSPS) is 12.9. The number of aliphatic carboxylic acids is 1. The lowest BCUT2D eigenvalue weighted by Gasteiger charge is -2.17. The number of sulfone groups is 1. The molecule has 0 fully saturated rings. The summed E-state index contributed by atoms with van der Waals surface area (Å²) >= 11 is 0. The molecular formula is C15H21NO5S. The number of rotatable bonds is 8. The number of hydrogen-bond donors (Lipinski definition) is 2. The van der Waals surface area contributed by atoms with Crippen LogP contribution in [0.25, 0.3) is 0 Å². The van der Waals surface area contributed by atoms with Gasteiger partial charge in [-0.3, -0.25) is 9.59 Å². The molecule has 1 atom stereocenters. The molecule has 0 bridgehead atoms. The average molecular weight is 327 g/mol. The first kappa shape index (κ1) is 18.2. The van der Waals surface area contributed by atoms with Gasteiger partial charge in [0.05, 0.1) is 18.2 Å². The second kappa shape index (κ2) is 7.93. The van der Waals surface area contributed by atoms with E-state index in [0.717, 1.165) is 0 Å². The Bertz CT molecular complexity index is 610. The summed E-state index contributed by atoms with van der Waals surface area (Å²) in [5.74, 6) is -2.53. The Labute approximate surface area is 130 Å². The van der Waals surface area contributed by atoms with Gasteiger partial charge < -0.3 is 10.4 Å². The minimum atomic E-state index is -3.50. The van der Waals surface area contributed by atoms with Crippen molar-refractivity contribution in [3.8, 4) is 0 Å². The lowest BCUT2D eigenvalue weighted by Crippen LogP contribution is -2.35. The second-order valence-corrected chi connectivity index (χ2v) is 7.69. The van der Waals surface area contributed by atoms with Crippen LogP contribution in [-0.2, 0) is 19.4 Å². The van der Waals surface area contributed by atoms with E-state index in [4.69, 9.17) is 5.11 Å². The number of nitrogens with one attached hydrogen (secondary N) is 1. The molecule has 0 saturated carbocycles. The molecule has 22 heavy (non-hydrogen) atoms. The van der Waals surface area contributed by atoms with E-state index in [-0.39, 0.29) is 18.1 Å². The van der Waals surface area contributed by atoms with Crippen molar-refractivity contribution in [2.75, 3.05) is 11.5 Å². The highest BCUT2D eigenvalue weighted by Gasteiger charge is 2.22. The molecule has 0 aliphatic heterocycles. The lowest BCUT2D eigenvalue weighted by atomic mass is 10.0. The summed E-state index contributed by atoms with van der Waals surface area (Å²) in [5.41, 5.74) is 0.625. The maximum Gasteiger partial charge on any atom is 0.305 e. The van der Waals surface area contributed by atoms with Crippen molar-refractivity contribution in [1.29, 1.82) is 0 Å². The van der Waals surface area contributed by atoms with Gasteiger partial charge in [0, 0.05) is 0 Å². The van der Waals surface area contributed by atoms with E-state index in [1.807, 2.05) is 0 Å². The average Bonchev–Trinajstić information content (AvgIpc) is 2.36. The van der Waals surface area contributed by atoms with Crippen LogP contribution in [0.3, 0.4) is 0 Å². The van der Waals surface area contributed by atoms with Gasteiger partial charge in [-0.15, -0.1) is 0 Å². The first-order valence-electron chi connectivity index (χ1n) is 6.96. The van der Waals surface area contributed by atoms with Gasteiger partial charge in [0.2, 0.25) is 5.91 Å². The third kappa shape index (κ3) is 6.71. The highest BCUT2D eigenvalue weighted by molar-refractivity contribution is 7.92. The number of benzene rings is 1. The van der Waals surface area contributed by atoms with Crippen LogP contribution in [0.2, 0.25) is 0 Å². The largest absolute Gasteiger partial charge is 0.481 e. The number of hydrogen-bond acceptors (Lipinski definition) is 4. The molecule has 0 aliphatic carbocycles. The Kier molecular flexibility index (Phi) is 6.55. The van der Waals surface area contributed by atoms with Gasteiger partial charge in [-0.05, 0) is 11.5 Å². The van der Waals surface area contributed by atoms with E-state index in [2.05, 4.69) is 5.32 Å². The van der Waals surface area contributed by atoms with E-state index in [0.29, 0.717) is 5.56 Å². The molecule has 2 N–H and O–H groups in total.